The molecule has 0 aliphatic rings. The lowest BCUT2D eigenvalue weighted by molar-refractivity contribution is 0.415. The molecular weight excluding hydrogens is 216 g/mol. The SMILES string of the molecule is COc1cc(S(=O)(=O)CN)c(C)cc1N. The maximum atomic E-state index is 11.6. The Kier molecular flexibility index (Phi) is 3.21. The Bertz CT molecular complexity index is 468. The number of anilines is 1. The van der Waals surface area contributed by atoms with Crippen molar-refractivity contribution in [3.63, 3.8) is 0 Å². The molecule has 6 heteroatoms. The average molecular weight is 230 g/mol. The minimum atomic E-state index is -3.44. The lowest BCUT2D eigenvalue weighted by atomic mass is 10.2. The van der Waals surface area contributed by atoms with Gasteiger partial charge in [-0.1, -0.05) is 0 Å². The Hall–Kier alpha value is -1.27. The van der Waals surface area contributed by atoms with E-state index in [1.807, 2.05) is 0 Å². The van der Waals surface area contributed by atoms with Crippen LogP contribution in [0.2, 0.25) is 0 Å². The number of methoxy groups -OCH3 is 1. The van der Waals surface area contributed by atoms with E-state index in [-0.39, 0.29) is 4.90 Å². The van der Waals surface area contributed by atoms with Crippen LogP contribution in [0.1, 0.15) is 5.56 Å². The first-order valence-electron chi connectivity index (χ1n) is 4.29. The maximum absolute atomic E-state index is 11.6. The van der Waals surface area contributed by atoms with Gasteiger partial charge >= 0.3 is 0 Å². The summed E-state index contributed by atoms with van der Waals surface area (Å²) in [5.41, 5.74) is 11.8. The molecule has 0 bridgehead atoms. The molecule has 0 fully saturated rings. The molecule has 5 nitrogen and oxygen atoms in total. The third-order valence-electron chi connectivity index (χ3n) is 2.08. The highest BCUT2D eigenvalue weighted by Crippen LogP contribution is 2.28. The first kappa shape index (κ1) is 11.8. The normalized spacial score (nSPS) is 11.4. The first-order chi connectivity index (χ1) is 6.92. The summed E-state index contributed by atoms with van der Waals surface area (Å²) in [6.45, 7) is 1.67. The van der Waals surface area contributed by atoms with Gasteiger partial charge in [-0.15, -0.1) is 0 Å². The molecule has 0 saturated heterocycles. The van der Waals surface area contributed by atoms with Crippen molar-refractivity contribution >= 4 is 15.5 Å². The highest BCUT2D eigenvalue weighted by Gasteiger charge is 2.17. The Labute approximate surface area is 88.9 Å². The van der Waals surface area contributed by atoms with E-state index in [0.717, 1.165) is 0 Å². The van der Waals surface area contributed by atoms with Crippen LogP contribution in [0.25, 0.3) is 0 Å². The van der Waals surface area contributed by atoms with Crippen molar-refractivity contribution in [2.24, 2.45) is 5.73 Å². The van der Waals surface area contributed by atoms with Crippen LogP contribution in [0.3, 0.4) is 0 Å². The number of nitrogen functional groups attached to an aromatic ring is 1. The van der Waals surface area contributed by atoms with E-state index < -0.39 is 15.7 Å². The molecule has 1 aromatic rings. The summed E-state index contributed by atoms with van der Waals surface area (Å²) in [6.07, 6.45) is 0. The van der Waals surface area contributed by atoms with Crippen LogP contribution in [-0.2, 0) is 9.84 Å². The zero-order chi connectivity index (χ0) is 11.6. The van der Waals surface area contributed by atoms with Crippen molar-refractivity contribution < 1.29 is 13.2 Å². The monoisotopic (exact) mass is 230 g/mol. The van der Waals surface area contributed by atoms with Crippen molar-refractivity contribution in [1.29, 1.82) is 0 Å². The molecule has 1 aromatic carbocycles. The van der Waals surface area contributed by atoms with Gasteiger partial charge in [-0.05, 0) is 18.6 Å². The third kappa shape index (κ3) is 2.21. The summed E-state index contributed by atoms with van der Waals surface area (Å²) >= 11 is 0. The Balaban J connectivity index is 3.44. The second-order valence-electron chi connectivity index (χ2n) is 3.14. The quantitative estimate of drug-likeness (QED) is 0.727. The predicted octanol–water partition coefficient (Wildman–Crippen LogP) is 0.276. The zero-order valence-corrected chi connectivity index (χ0v) is 9.47. The molecule has 0 atom stereocenters. The summed E-state index contributed by atoms with van der Waals surface area (Å²) in [4.78, 5) is 0.163. The summed E-state index contributed by atoms with van der Waals surface area (Å²) < 4.78 is 28.1. The Morgan fingerprint density at radius 1 is 1.40 bits per heavy atom. The molecule has 0 aliphatic carbocycles. The fraction of sp³-hybridized carbons (Fsp3) is 0.333. The van der Waals surface area contributed by atoms with Gasteiger partial charge in [0.25, 0.3) is 0 Å². The number of sulfone groups is 1. The predicted molar refractivity (Wildman–Crippen MR) is 58.4 cm³/mol. The van der Waals surface area contributed by atoms with Crippen LogP contribution >= 0.6 is 0 Å². The lowest BCUT2D eigenvalue weighted by Crippen LogP contribution is -2.15. The molecule has 0 amide bonds. The van der Waals surface area contributed by atoms with E-state index in [1.165, 1.54) is 13.2 Å². The van der Waals surface area contributed by atoms with Crippen LogP contribution in [0.5, 0.6) is 5.75 Å². The molecule has 0 radical (unpaired) electrons. The molecule has 0 aliphatic heterocycles. The molecule has 0 spiro atoms. The van der Waals surface area contributed by atoms with E-state index in [1.54, 1.807) is 13.0 Å². The number of ether oxygens (including phenoxy) is 1. The zero-order valence-electron chi connectivity index (χ0n) is 8.65. The number of benzene rings is 1. The van der Waals surface area contributed by atoms with Crippen LogP contribution < -0.4 is 16.2 Å². The molecule has 0 aromatic heterocycles. The van der Waals surface area contributed by atoms with Crippen molar-refractivity contribution in [2.75, 3.05) is 18.7 Å². The van der Waals surface area contributed by atoms with Crippen molar-refractivity contribution in [1.82, 2.24) is 0 Å². The van der Waals surface area contributed by atoms with Gasteiger partial charge in [-0.25, -0.2) is 8.42 Å². The fourth-order valence-electron chi connectivity index (χ4n) is 1.29. The largest absolute Gasteiger partial charge is 0.495 e. The van der Waals surface area contributed by atoms with E-state index >= 15 is 0 Å². The highest BCUT2D eigenvalue weighted by molar-refractivity contribution is 7.91. The van der Waals surface area contributed by atoms with E-state index in [4.69, 9.17) is 16.2 Å². The molecule has 4 N–H and O–H groups in total. The third-order valence-corrected chi connectivity index (χ3v) is 3.63. The standard InChI is InChI=1S/C9H14N2O3S/c1-6-3-7(11)8(14-2)4-9(6)15(12,13)5-10/h3-4H,5,10-11H2,1-2H3. The lowest BCUT2D eigenvalue weighted by Gasteiger charge is -2.10. The summed E-state index contributed by atoms with van der Waals surface area (Å²) in [7, 11) is -2.01. The van der Waals surface area contributed by atoms with Crippen molar-refractivity contribution in [2.45, 2.75) is 11.8 Å². The van der Waals surface area contributed by atoms with Gasteiger partial charge in [-0.3, -0.25) is 0 Å². The minimum Gasteiger partial charge on any atom is -0.495 e. The van der Waals surface area contributed by atoms with E-state index in [9.17, 15) is 8.42 Å². The Morgan fingerprint density at radius 2 is 2.00 bits per heavy atom. The van der Waals surface area contributed by atoms with Gasteiger partial charge in [0.05, 0.1) is 17.7 Å². The van der Waals surface area contributed by atoms with Gasteiger partial charge in [0, 0.05) is 6.07 Å². The van der Waals surface area contributed by atoms with Crippen LogP contribution in [0.15, 0.2) is 17.0 Å². The van der Waals surface area contributed by atoms with Gasteiger partial charge in [0.1, 0.15) is 11.6 Å². The van der Waals surface area contributed by atoms with Gasteiger partial charge in [0.15, 0.2) is 9.84 Å². The topological polar surface area (TPSA) is 95.4 Å². The second kappa shape index (κ2) is 4.08. The van der Waals surface area contributed by atoms with Gasteiger partial charge in [0.2, 0.25) is 0 Å². The smallest absolute Gasteiger partial charge is 0.191 e. The van der Waals surface area contributed by atoms with E-state index in [0.29, 0.717) is 17.0 Å². The second-order valence-corrected chi connectivity index (χ2v) is 5.14. The molecule has 0 heterocycles. The fourth-order valence-corrected chi connectivity index (χ4v) is 2.31. The Morgan fingerprint density at radius 3 is 2.47 bits per heavy atom. The number of aryl methyl sites for hydroxylation is 1. The van der Waals surface area contributed by atoms with Crippen molar-refractivity contribution in [3.8, 4) is 5.75 Å². The van der Waals surface area contributed by atoms with E-state index in [2.05, 4.69) is 0 Å². The first-order valence-corrected chi connectivity index (χ1v) is 5.94. The number of hydrogen-bond acceptors (Lipinski definition) is 5. The number of rotatable bonds is 3. The van der Waals surface area contributed by atoms with Crippen molar-refractivity contribution in [3.05, 3.63) is 17.7 Å². The molecule has 0 saturated carbocycles. The average Bonchev–Trinajstić information content (AvgIpc) is 2.17. The summed E-state index contributed by atoms with van der Waals surface area (Å²) in [6, 6.07) is 2.95. The van der Waals surface area contributed by atoms with Crippen LogP contribution in [0, 0.1) is 6.92 Å². The highest BCUT2D eigenvalue weighted by atomic mass is 32.2. The number of hydrogen-bond donors (Lipinski definition) is 2. The van der Waals surface area contributed by atoms with Gasteiger partial charge < -0.3 is 16.2 Å². The molecule has 1 rings (SSSR count). The number of nitrogens with two attached hydrogens (primary N) is 2. The maximum Gasteiger partial charge on any atom is 0.191 e. The molecule has 15 heavy (non-hydrogen) atoms. The molecule has 84 valence electrons. The minimum absolute atomic E-state index is 0.163. The molecule has 0 unspecified atom stereocenters. The van der Waals surface area contributed by atoms with Crippen LogP contribution in [0.4, 0.5) is 5.69 Å². The summed E-state index contributed by atoms with van der Waals surface area (Å²) in [5.74, 6) is -0.0893. The summed E-state index contributed by atoms with van der Waals surface area (Å²) in [5, 5.41) is 0. The van der Waals surface area contributed by atoms with Crippen LogP contribution in [-0.4, -0.2) is 21.4 Å². The van der Waals surface area contributed by atoms with Gasteiger partial charge in [-0.2, -0.15) is 0 Å². The molecular formula is C9H14N2O3S.